The van der Waals surface area contributed by atoms with Gasteiger partial charge in [-0.25, -0.2) is 4.98 Å². The average Bonchev–Trinajstić information content (AvgIpc) is 2.39. The molecule has 1 aromatic rings. The Hall–Kier alpha value is -1.13. The molecule has 17 heavy (non-hydrogen) atoms. The molecule has 4 heteroatoms. The largest absolute Gasteiger partial charge is 0.384 e. The predicted molar refractivity (Wildman–Crippen MR) is 68.8 cm³/mol. The lowest BCUT2D eigenvalue weighted by Crippen LogP contribution is -2.42. The highest BCUT2D eigenvalue weighted by Crippen LogP contribution is 2.11. The molecule has 0 aromatic carbocycles. The number of morpholine rings is 1. The lowest BCUT2D eigenvalue weighted by molar-refractivity contribution is 0.0187. The van der Waals surface area contributed by atoms with E-state index in [1.807, 2.05) is 12.3 Å². The zero-order chi connectivity index (χ0) is 12.1. The van der Waals surface area contributed by atoms with E-state index >= 15 is 0 Å². The van der Waals surface area contributed by atoms with E-state index < -0.39 is 0 Å². The van der Waals surface area contributed by atoms with Crippen molar-refractivity contribution >= 4 is 5.82 Å². The molecular weight excluding hydrogens is 214 g/mol. The van der Waals surface area contributed by atoms with E-state index in [2.05, 4.69) is 22.9 Å². The van der Waals surface area contributed by atoms with Crippen LogP contribution < -0.4 is 5.73 Å². The third kappa shape index (κ3) is 3.68. The summed E-state index contributed by atoms with van der Waals surface area (Å²) >= 11 is 0. The Kier molecular flexibility index (Phi) is 4.34. The first-order valence-electron chi connectivity index (χ1n) is 6.28. The molecule has 1 fully saturated rings. The van der Waals surface area contributed by atoms with Crippen LogP contribution in [0.1, 0.15) is 18.9 Å². The van der Waals surface area contributed by atoms with Crippen LogP contribution in [0, 0.1) is 0 Å². The Labute approximate surface area is 103 Å². The quantitative estimate of drug-likeness (QED) is 0.855. The standard InChI is InChI=1S/C13H21N3O/c1-11(16-6-8-17-9-7-16)2-3-12-4-5-13(14)15-10-12/h4-5,10-11H,2-3,6-9H2,1H3,(H2,14,15). The lowest BCUT2D eigenvalue weighted by atomic mass is 10.1. The van der Waals surface area contributed by atoms with Gasteiger partial charge in [0.2, 0.25) is 0 Å². The van der Waals surface area contributed by atoms with Gasteiger partial charge in [0.1, 0.15) is 5.82 Å². The minimum Gasteiger partial charge on any atom is -0.384 e. The molecule has 0 saturated carbocycles. The molecule has 0 radical (unpaired) electrons. The highest BCUT2D eigenvalue weighted by molar-refractivity contribution is 5.29. The van der Waals surface area contributed by atoms with Gasteiger partial charge in [0.25, 0.3) is 0 Å². The van der Waals surface area contributed by atoms with E-state index in [1.54, 1.807) is 0 Å². The summed E-state index contributed by atoms with van der Waals surface area (Å²) in [5, 5.41) is 0. The molecule has 1 atom stereocenters. The van der Waals surface area contributed by atoms with Crippen molar-refractivity contribution in [2.45, 2.75) is 25.8 Å². The Morgan fingerprint density at radius 3 is 2.82 bits per heavy atom. The van der Waals surface area contributed by atoms with Gasteiger partial charge in [-0.05, 0) is 31.4 Å². The molecule has 4 nitrogen and oxygen atoms in total. The van der Waals surface area contributed by atoms with Crippen molar-refractivity contribution in [3.05, 3.63) is 23.9 Å². The molecule has 1 saturated heterocycles. The second-order valence-electron chi connectivity index (χ2n) is 4.63. The summed E-state index contributed by atoms with van der Waals surface area (Å²) < 4.78 is 5.36. The molecule has 1 unspecified atom stereocenters. The van der Waals surface area contributed by atoms with E-state index in [1.165, 1.54) is 5.56 Å². The molecule has 1 aliphatic heterocycles. The van der Waals surface area contributed by atoms with Crippen LogP contribution >= 0.6 is 0 Å². The van der Waals surface area contributed by atoms with E-state index in [9.17, 15) is 0 Å². The van der Waals surface area contributed by atoms with E-state index in [0.717, 1.165) is 39.1 Å². The van der Waals surface area contributed by atoms with Crippen LogP contribution in [0.15, 0.2) is 18.3 Å². The van der Waals surface area contributed by atoms with Crippen molar-refractivity contribution in [3.63, 3.8) is 0 Å². The second kappa shape index (κ2) is 5.98. The zero-order valence-corrected chi connectivity index (χ0v) is 10.4. The number of aryl methyl sites for hydroxylation is 1. The summed E-state index contributed by atoms with van der Waals surface area (Å²) in [6.45, 7) is 6.14. The molecule has 1 aromatic heterocycles. The molecule has 2 rings (SSSR count). The van der Waals surface area contributed by atoms with Crippen LogP contribution in [0.25, 0.3) is 0 Å². The van der Waals surface area contributed by atoms with Crippen molar-refractivity contribution < 1.29 is 4.74 Å². The number of aromatic nitrogens is 1. The number of hydrogen-bond donors (Lipinski definition) is 1. The minimum atomic E-state index is 0.593. The molecule has 2 heterocycles. The van der Waals surface area contributed by atoms with Crippen molar-refractivity contribution in [1.29, 1.82) is 0 Å². The maximum atomic E-state index is 5.57. The molecule has 1 aliphatic rings. The number of pyridine rings is 1. The fourth-order valence-corrected chi connectivity index (χ4v) is 2.16. The van der Waals surface area contributed by atoms with Crippen molar-refractivity contribution in [3.8, 4) is 0 Å². The average molecular weight is 235 g/mol. The maximum Gasteiger partial charge on any atom is 0.123 e. The molecular formula is C13H21N3O. The van der Waals surface area contributed by atoms with Gasteiger partial charge in [-0.2, -0.15) is 0 Å². The first-order chi connectivity index (χ1) is 8.25. The van der Waals surface area contributed by atoms with Gasteiger partial charge < -0.3 is 10.5 Å². The highest BCUT2D eigenvalue weighted by atomic mass is 16.5. The van der Waals surface area contributed by atoms with Gasteiger partial charge in [-0.3, -0.25) is 4.90 Å². The molecule has 2 N–H and O–H groups in total. The third-order valence-electron chi connectivity index (χ3n) is 3.37. The first kappa shape index (κ1) is 12.3. The molecule has 94 valence electrons. The van der Waals surface area contributed by atoms with Gasteiger partial charge in [0, 0.05) is 25.3 Å². The molecule has 0 aliphatic carbocycles. The van der Waals surface area contributed by atoms with Crippen LogP contribution in [0.5, 0.6) is 0 Å². The van der Waals surface area contributed by atoms with Crippen LogP contribution in [0.3, 0.4) is 0 Å². The smallest absolute Gasteiger partial charge is 0.123 e. The third-order valence-corrected chi connectivity index (χ3v) is 3.37. The summed E-state index contributed by atoms with van der Waals surface area (Å²) in [5.41, 5.74) is 6.83. The van der Waals surface area contributed by atoms with Crippen molar-refractivity contribution in [2.24, 2.45) is 0 Å². The fraction of sp³-hybridized carbons (Fsp3) is 0.615. The lowest BCUT2D eigenvalue weighted by Gasteiger charge is -2.32. The maximum absolute atomic E-state index is 5.57. The van der Waals surface area contributed by atoms with E-state index in [0.29, 0.717) is 11.9 Å². The molecule has 0 spiro atoms. The molecule has 0 amide bonds. The number of nitrogen functional groups attached to an aromatic ring is 1. The van der Waals surface area contributed by atoms with E-state index in [-0.39, 0.29) is 0 Å². The molecule has 0 bridgehead atoms. The summed E-state index contributed by atoms with van der Waals surface area (Å²) in [5.74, 6) is 0.593. The van der Waals surface area contributed by atoms with Crippen LogP contribution in [0.4, 0.5) is 5.82 Å². The number of ether oxygens (including phenoxy) is 1. The van der Waals surface area contributed by atoms with Gasteiger partial charge >= 0.3 is 0 Å². The zero-order valence-electron chi connectivity index (χ0n) is 10.4. The Balaban J connectivity index is 1.78. The predicted octanol–water partition coefficient (Wildman–Crippen LogP) is 1.32. The second-order valence-corrected chi connectivity index (χ2v) is 4.63. The van der Waals surface area contributed by atoms with Gasteiger partial charge in [-0.15, -0.1) is 0 Å². The van der Waals surface area contributed by atoms with Crippen LogP contribution in [-0.2, 0) is 11.2 Å². The Bertz CT molecular complexity index is 333. The Morgan fingerprint density at radius 2 is 2.18 bits per heavy atom. The van der Waals surface area contributed by atoms with Crippen molar-refractivity contribution in [1.82, 2.24) is 9.88 Å². The monoisotopic (exact) mass is 235 g/mol. The topological polar surface area (TPSA) is 51.4 Å². The minimum absolute atomic E-state index is 0.593. The summed E-state index contributed by atoms with van der Waals surface area (Å²) in [4.78, 5) is 6.61. The van der Waals surface area contributed by atoms with Gasteiger partial charge in [0.05, 0.1) is 13.2 Å². The van der Waals surface area contributed by atoms with E-state index in [4.69, 9.17) is 10.5 Å². The number of rotatable bonds is 4. The summed E-state index contributed by atoms with van der Waals surface area (Å²) in [6, 6.07) is 4.54. The van der Waals surface area contributed by atoms with Crippen LogP contribution in [-0.4, -0.2) is 42.2 Å². The van der Waals surface area contributed by atoms with Crippen LogP contribution in [0.2, 0.25) is 0 Å². The van der Waals surface area contributed by atoms with Crippen molar-refractivity contribution in [2.75, 3.05) is 32.0 Å². The fourth-order valence-electron chi connectivity index (χ4n) is 2.16. The number of hydrogen-bond acceptors (Lipinski definition) is 4. The number of nitrogens with zero attached hydrogens (tertiary/aromatic N) is 2. The van der Waals surface area contributed by atoms with Gasteiger partial charge in [0.15, 0.2) is 0 Å². The highest BCUT2D eigenvalue weighted by Gasteiger charge is 2.16. The Morgan fingerprint density at radius 1 is 1.41 bits per heavy atom. The SMILES string of the molecule is CC(CCc1ccc(N)nc1)N1CCOCC1. The summed E-state index contributed by atoms with van der Waals surface area (Å²) in [7, 11) is 0. The number of nitrogens with two attached hydrogens (primary N) is 1. The van der Waals surface area contributed by atoms with Gasteiger partial charge in [-0.1, -0.05) is 6.07 Å². The normalized spacial score (nSPS) is 19.1. The first-order valence-corrected chi connectivity index (χ1v) is 6.28. The summed E-state index contributed by atoms with van der Waals surface area (Å²) in [6.07, 6.45) is 4.10. The number of anilines is 1.